The van der Waals surface area contributed by atoms with Crippen LogP contribution in [0.15, 0.2) is 0 Å². The molecule has 2 aliphatic rings. The zero-order chi connectivity index (χ0) is 9.26. The summed E-state index contributed by atoms with van der Waals surface area (Å²) in [5.74, 6) is -0.0434. The van der Waals surface area contributed by atoms with Crippen molar-refractivity contribution in [2.45, 2.75) is 44.2 Å². The molecule has 3 nitrogen and oxygen atoms in total. The summed E-state index contributed by atoms with van der Waals surface area (Å²) >= 11 is 0. The minimum atomic E-state index is -0.0434. The maximum atomic E-state index is 11.3. The molecule has 0 N–H and O–H groups in total. The molecule has 1 saturated heterocycles. The Hall–Kier alpha value is -0.570. The van der Waals surface area contributed by atoms with Gasteiger partial charge in [-0.2, -0.15) is 0 Å². The van der Waals surface area contributed by atoms with Gasteiger partial charge in [-0.05, 0) is 19.3 Å². The molecule has 0 aromatic rings. The van der Waals surface area contributed by atoms with Gasteiger partial charge in [0.25, 0.3) is 0 Å². The maximum absolute atomic E-state index is 11.3. The van der Waals surface area contributed by atoms with Crippen molar-refractivity contribution in [1.82, 2.24) is 4.90 Å². The Morgan fingerprint density at radius 2 is 2.00 bits per heavy atom. The Morgan fingerprint density at radius 3 is 2.46 bits per heavy atom. The standard InChI is InChI=1S/C10H17NO2/c1-13-10(12)9-6-7-11(9)8-4-2-3-5-8/h8-9H,2-7H2,1H3. The predicted molar refractivity (Wildman–Crippen MR) is 49.4 cm³/mol. The number of carbonyl (C=O) groups is 1. The normalized spacial score (nSPS) is 30.1. The number of ether oxygens (including phenoxy) is 1. The van der Waals surface area contributed by atoms with E-state index in [1.165, 1.54) is 32.8 Å². The van der Waals surface area contributed by atoms with E-state index in [-0.39, 0.29) is 12.0 Å². The van der Waals surface area contributed by atoms with Crippen molar-refractivity contribution in [2.75, 3.05) is 13.7 Å². The second-order valence-electron chi connectivity index (χ2n) is 4.00. The van der Waals surface area contributed by atoms with E-state index in [0.29, 0.717) is 6.04 Å². The van der Waals surface area contributed by atoms with E-state index < -0.39 is 0 Å². The Labute approximate surface area is 79.0 Å². The average molecular weight is 183 g/mol. The van der Waals surface area contributed by atoms with E-state index in [4.69, 9.17) is 4.74 Å². The number of rotatable bonds is 2. The van der Waals surface area contributed by atoms with Gasteiger partial charge in [0.2, 0.25) is 0 Å². The molecule has 0 aromatic carbocycles. The van der Waals surface area contributed by atoms with Gasteiger partial charge in [0.05, 0.1) is 7.11 Å². The van der Waals surface area contributed by atoms with Gasteiger partial charge in [0.15, 0.2) is 0 Å². The van der Waals surface area contributed by atoms with E-state index in [9.17, 15) is 4.79 Å². The van der Waals surface area contributed by atoms with E-state index in [2.05, 4.69) is 4.90 Å². The van der Waals surface area contributed by atoms with Gasteiger partial charge in [-0.15, -0.1) is 0 Å². The van der Waals surface area contributed by atoms with Gasteiger partial charge in [-0.1, -0.05) is 12.8 Å². The maximum Gasteiger partial charge on any atom is 0.323 e. The molecule has 0 radical (unpaired) electrons. The second kappa shape index (κ2) is 3.66. The molecule has 0 amide bonds. The van der Waals surface area contributed by atoms with Crippen LogP contribution in [0.25, 0.3) is 0 Å². The van der Waals surface area contributed by atoms with Gasteiger partial charge in [0.1, 0.15) is 6.04 Å². The van der Waals surface area contributed by atoms with Crippen LogP contribution in [-0.4, -0.2) is 36.6 Å². The lowest BCUT2D eigenvalue weighted by atomic mass is 9.99. The smallest absolute Gasteiger partial charge is 0.323 e. The summed E-state index contributed by atoms with van der Waals surface area (Å²) in [4.78, 5) is 13.6. The van der Waals surface area contributed by atoms with Crippen molar-refractivity contribution in [3.63, 3.8) is 0 Å². The van der Waals surface area contributed by atoms with Crippen LogP contribution in [0.3, 0.4) is 0 Å². The molecule has 1 aliphatic carbocycles. The molecule has 13 heavy (non-hydrogen) atoms. The molecule has 2 rings (SSSR count). The Kier molecular flexibility index (Phi) is 2.54. The second-order valence-corrected chi connectivity index (χ2v) is 4.00. The third-order valence-electron chi connectivity index (χ3n) is 3.33. The fourth-order valence-electron chi connectivity index (χ4n) is 2.47. The summed E-state index contributed by atoms with van der Waals surface area (Å²) < 4.78 is 4.76. The molecule has 1 atom stereocenters. The van der Waals surface area contributed by atoms with Gasteiger partial charge in [-0.25, -0.2) is 0 Å². The fraction of sp³-hybridized carbons (Fsp3) is 0.900. The minimum absolute atomic E-state index is 0.0434. The number of carbonyl (C=O) groups excluding carboxylic acids is 1. The van der Waals surface area contributed by atoms with Crippen LogP contribution in [0.1, 0.15) is 32.1 Å². The Bertz CT molecular complexity index is 199. The molecule has 1 saturated carbocycles. The Balaban J connectivity index is 1.89. The fourth-order valence-corrected chi connectivity index (χ4v) is 2.47. The van der Waals surface area contributed by atoms with Gasteiger partial charge >= 0.3 is 5.97 Å². The van der Waals surface area contributed by atoms with Crippen molar-refractivity contribution in [3.8, 4) is 0 Å². The summed E-state index contributed by atoms with van der Waals surface area (Å²) in [6.07, 6.45) is 6.19. The van der Waals surface area contributed by atoms with Crippen LogP contribution in [-0.2, 0) is 9.53 Å². The highest BCUT2D eigenvalue weighted by Crippen LogP contribution is 2.31. The van der Waals surface area contributed by atoms with E-state index in [0.717, 1.165) is 13.0 Å². The van der Waals surface area contributed by atoms with Crippen LogP contribution in [0.4, 0.5) is 0 Å². The molecule has 1 aliphatic heterocycles. The third kappa shape index (κ3) is 1.57. The van der Waals surface area contributed by atoms with E-state index in [1.807, 2.05) is 0 Å². The van der Waals surface area contributed by atoms with Gasteiger partial charge in [-0.3, -0.25) is 9.69 Å². The summed E-state index contributed by atoms with van der Waals surface area (Å²) in [5.41, 5.74) is 0. The van der Waals surface area contributed by atoms with Crippen LogP contribution >= 0.6 is 0 Å². The van der Waals surface area contributed by atoms with Crippen molar-refractivity contribution in [3.05, 3.63) is 0 Å². The molecule has 2 fully saturated rings. The summed E-state index contributed by atoms with van der Waals surface area (Å²) in [6, 6.07) is 0.742. The highest BCUT2D eigenvalue weighted by Gasteiger charge is 2.39. The lowest BCUT2D eigenvalue weighted by Crippen LogP contribution is -2.56. The first-order valence-electron chi connectivity index (χ1n) is 5.16. The van der Waals surface area contributed by atoms with Crippen molar-refractivity contribution < 1.29 is 9.53 Å². The average Bonchev–Trinajstić information content (AvgIpc) is 2.55. The topological polar surface area (TPSA) is 29.5 Å². The summed E-state index contributed by atoms with van der Waals surface area (Å²) in [6.45, 7) is 1.09. The monoisotopic (exact) mass is 183 g/mol. The van der Waals surface area contributed by atoms with Crippen LogP contribution in [0, 0.1) is 0 Å². The lowest BCUT2D eigenvalue weighted by molar-refractivity contribution is -0.153. The van der Waals surface area contributed by atoms with E-state index in [1.54, 1.807) is 0 Å². The zero-order valence-electron chi connectivity index (χ0n) is 8.16. The van der Waals surface area contributed by atoms with Crippen molar-refractivity contribution in [1.29, 1.82) is 0 Å². The molecule has 1 unspecified atom stereocenters. The largest absolute Gasteiger partial charge is 0.468 e. The number of esters is 1. The molecule has 0 aromatic heterocycles. The number of hydrogen-bond donors (Lipinski definition) is 0. The van der Waals surface area contributed by atoms with Crippen molar-refractivity contribution >= 4 is 5.97 Å². The van der Waals surface area contributed by atoms with E-state index >= 15 is 0 Å². The van der Waals surface area contributed by atoms with Gasteiger partial charge < -0.3 is 4.74 Å². The molecule has 1 heterocycles. The molecule has 0 bridgehead atoms. The Morgan fingerprint density at radius 1 is 1.31 bits per heavy atom. The molecule has 0 spiro atoms. The zero-order valence-corrected chi connectivity index (χ0v) is 8.16. The number of methoxy groups -OCH3 is 1. The predicted octanol–water partition coefficient (Wildman–Crippen LogP) is 1.18. The third-order valence-corrected chi connectivity index (χ3v) is 3.33. The molecule has 3 heteroatoms. The number of likely N-dealkylation sites (tertiary alicyclic amines) is 1. The highest BCUT2D eigenvalue weighted by molar-refractivity contribution is 5.76. The first-order chi connectivity index (χ1) is 6.33. The first-order valence-corrected chi connectivity index (χ1v) is 5.16. The van der Waals surface area contributed by atoms with Gasteiger partial charge in [0, 0.05) is 12.6 Å². The van der Waals surface area contributed by atoms with Crippen LogP contribution in [0.2, 0.25) is 0 Å². The lowest BCUT2D eigenvalue weighted by Gasteiger charge is -2.42. The van der Waals surface area contributed by atoms with Crippen LogP contribution in [0.5, 0.6) is 0 Å². The van der Waals surface area contributed by atoms with Crippen LogP contribution < -0.4 is 0 Å². The molecular weight excluding hydrogens is 166 g/mol. The molecular formula is C10H17NO2. The first kappa shape index (κ1) is 9.00. The summed E-state index contributed by atoms with van der Waals surface area (Å²) in [5, 5.41) is 0. The number of nitrogens with zero attached hydrogens (tertiary/aromatic N) is 1. The minimum Gasteiger partial charge on any atom is -0.468 e. The quantitative estimate of drug-likeness (QED) is 0.602. The highest BCUT2D eigenvalue weighted by atomic mass is 16.5. The summed E-state index contributed by atoms with van der Waals surface area (Å²) in [7, 11) is 1.48. The SMILES string of the molecule is COC(=O)C1CCN1C1CCCC1. The molecule has 74 valence electrons. The number of hydrogen-bond acceptors (Lipinski definition) is 3. The van der Waals surface area contributed by atoms with Crippen molar-refractivity contribution in [2.24, 2.45) is 0 Å².